The minimum absolute atomic E-state index is 0.0591. The second kappa shape index (κ2) is 7.63. The molecule has 26 heavy (non-hydrogen) atoms. The smallest absolute Gasteiger partial charge is 0.164 e. The Bertz CT molecular complexity index is 719. The molecule has 0 saturated carbocycles. The molecule has 0 spiro atoms. The second-order valence-corrected chi connectivity index (χ2v) is 7.58. The quantitative estimate of drug-likeness (QED) is 0.820. The Kier molecular flexibility index (Phi) is 5.48. The van der Waals surface area contributed by atoms with Crippen LogP contribution in [0.5, 0.6) is 0 Å². The van der Waals surface area contributed by atoms with Crippen LogP contribution in [-0.4, -0.2) is 51.8 Å². The zero-order valence-corrected chi connectivity index (χ0v) is 15.4. The first kappa shape index (κ1) is 18.7. The van der Waals surface area contributed by atoms with E-state index in [2.05, 4.69) is 15.0 Å². The lowest BCUT2D eigenvalue weighted by Crippen LogP contribution is -2.46. The molecule has 0 amide bonds. The fraction of sp³-hybridized carbons (Fsp3) is 0.526. The molecule has 1 fully saturated rings. The van der Waals surface area contributed by atoms with E-state index in [1.165, 1.54) is 18.5 Å². The lowest BCUT2D eigenvalue weighted by Gasteiger charge is -2.40. The van der Waals surface area contributed by atoms with Crippen molar-refractivity contribution in [2.24, 2.45) is 5.41 Å². The molecule has 1 aromatic carbocycles. The molecule has 2 unspecified atom stereocenters. The number of hydrogen-bond donors (Lipinski definition) is 0. The summed E-state index contributed by atoms with van der Waals surface area (Å²) in [4.78, 5) is 19.6. The van der Waals surface area contributed by atoms with Crippen molar-refractivity contribution in [3.8, 4) is 0 Å². The predicted octanol–water partition coefficient (Wildman–Crippen LogP) is 2.65. The Morgan fingerprint density at radius 2 is 1.85 bits per heavy atom. The summed E-state index contributed by atoms with van der Waals surface area (Å²) in [5, 5.41) is 4.26. The zero-order chi connectivity index (χ0) is 18.7. The summed E-state index contributed by atoms with van der Waals surface area (Å²) in [6.45, 7) is 8.31. The number of carbonyl (C=O) groups is 1. The molecule has 7 heteroatoms. The first-order chi connectivity index (χ1) is 12.4. The van der Waals surface area contributed by atoms with Crippen LogP contribution >= 0.6 is 0 Å². The molecule has 140 valence electrons. The molecule has 6 nitrogen and oxygen atoms in total. The molecular weight excluding hydrogens is 335 g/mol. The van der Waals surface area contributed by atoms with Gasteiger partial charge in [0.25, 0.3) is 0 Å². The van der Waals surface area contributed by atoms with Gasteiger partial charge in [-0.15, -0.1) is 0 Å². The first-order valence-corrected chi connectivity index (χ1v) is 8.83. The van der Waals surface area contributed by atoms with E-state index in [9.17, 15) is 9.18 Å². The van der Waals surface area contributed by atoms with Crippen LogP contribution in [-0.2, 0) is 9.53 Å². The summed E-state index contributed by atoms with van der Waals surface area (Å²) in [5.74, 6) is -0.238. The van der Waals surface area contributed by atoms with Crippen LogP contribution in [0.15, 0.2) is 36.9 Å². The van der Waals surface area contributed by atoms with Crippen molar-refractivity contribution in [2.45, 2.75) is 32.9 Å². The summed E-state index contributed by atoms with van der Waals surface area (Å²) in [6, 6.07) is 5.53. The van der Waals surface area contributed by atoms with Crippen molar-refractivity contribution in [3.63, 3.8) is 0 Å². The minimum Gasteiger partial charge on any atom is -0.379 e. The molecule has 0 aliphatic carbocycles. The topological polar surface area (TPSA) is 60.2 Å². The van der Waals surface area contributed by atoms with E-state index in [0.29, 0.717) is 26.3 Å². The van der Waals surface area contributed by atoms with Crippen molar-refractivity contribution in [1.82, 2.24) is 19.7 Å². The van der Waals surface area contributed by atoms with E-state index < -0.39 is 11.5 Å². The van der Waals surface area contributed by atoms with Gasteiger partial charge in [0.2, 0.25) is 0 Å². The van der Waals surface area contributed by atoms with Crippen molar-refractivity contribution in [1.29, 1.82) is 0 Å². The van der Waals surface area contributed by atoms with Crippen LogP contribution < -0.4 is 0 Å². The molecule has 1 aliphatic rings. The third-order valence-corrected chi connectivity index (χ3v) is 4.68. The molecule has 2 aromatic rings. The van der Waals surface area contributed by atoms with Gasteiger partial charge in [-0.3, -0.25) is 9.69 Å². The number of halogens is 1. The van der Waals surface area contributed by atoms with Crippen LogP contribution in [0, 0.1) is 11.2 Å². The van der Waals surface area contributed by atoms with E-state index >= 15 is 0 Å². The van der Waals surface area contributed by atoms with Crippen molar-refractivity contribution < 1.29 is 13.9 Å². The summed E-state index contributed by atoms with van der Waals surface area (Å²) < 4.78 is 20.6. The molecule has 1 saturated heterocycles. The Balaban J connectivity index is 2.08. The van der Waals surface area contributed by atoms with Crippen LogP contribution in [0.2, 0.25) is 0 Å². The van der Waals surface area contributed by atoms with E-state index in [1.807, 2.05) is 20.8 Å². The molecule has 2 heterocycles. The summed E-state index contributed by atoms with van der Waals surface area (Å²) in [6.07, 6.45) is 3.01. The van der Waals surface area contributed by atoms with Crippen molar-refractivity contribution in [2.75, 3.05) is 26.3 Å². The lowest BCUT2D eigenvalue weighted by atomic mass is 9.81. The number of hydrogen-bond acceptors (Lipinski definition) is 5. The van der Waals surface area contributed by atoms with Gasteiger partial charge in [-0.25, -0.2) is 14.1 Å². The fourth-order valence-corrected chi connectivity index (χ4v) is 3.32. The lowest BCUT2D eigenvalue weighted by molar-refractivity contribution is -0.133. The Labute approximate surface area is 153 Å². The third-order valence-electron chi connectivity index (χ3n) is 4.68. The maximum atomic E-state index is 13.5. The molecule has 0 radical (unpaired) electrons. The highest BCUT2D eigenvalue weighted by molar-refractivity contribution is 5.88. The highest BCUT2D eigenvalue weighted by Gasteiger charge is 2.41. The highest BCUT2D eigenvalue weighted by atomic mass is 19.1. The SMILES string of the molecule is CC(C)(C)C(=O)C(C(c1ccc(F)cc1)N1CCOCC1)n1cncn1. The number of rotatable bonds is 5. The monoisotopic (exact) mass is 360 g/mol. The van der Waals surface area contributed by atoms with Gasteiger partial charge in [-0.05, 0) is 17.7 Å². The maximum absolute atomic E-state index is 13.5. The van der Waals surface area contributed by atoms with Gasteiger partial charge in [0, 0.05) is 18.5 Å². The van der Waals surface area contributed by atoms with Crippen molar-refractivity contribution in [3.05, 3.63) is 48.3 Å². The molecule has 0 N–H and O–H groups in total. The van der Waals surface area contributed by atoms with Crippen molar-refractivity contribution >= 4 is 5.78 Å². The number of Topliss-reactive ketones (excluding diaryl/α,β-unsaturated/α-hetero) is 1. The molecule has 0 bridgehead atoms. The van der Waals surface area contributed by atoms with E-state index in [1.54, 1.807) is 23.1 Å². The molecule has 1 aliphatic heterocycles. The predicted molar refractivity (Wildman–Crippen MR) is 95.1 cm³/mol. The number of morpholine rings is 1. The van der Waals surface area contributed by atoms with E-state index in [0.717, 1.165) is 5.56 Å². The van der Waals surface area contributed by atoms with Gasteiger partial charge in [-0.2, -0.15) is 5.10 Å². The maximum Gasteiger partial charge on any atom is 0.164 e. The third kappa shape index (κ3) is 3.99. The van der Waals surface area contributed by atoms with Gasteiger partial charge in [0.15, 0.2) is 5.78 Å². The van der Waals surface area contributed by atoms with Gasteiger partial charge in [-0.1, -0.05) is 32.9 Å². The number of aromatic nitrogens is 3. The summed E-state index contributed by atoms with van der Waals surface area (Å²) in [7, 11) is 0. The molecular formula is C19H25FN4O2. The summed E-state index contributed by atoms with van der Waals surface area (Å²) >= 11 is 0. The van der Waals surface area contributed by atoms with E-state index in [4.69, 9.17) is 4.74 Å². The van der Waals surface area contributed by atoms with Gasteiger partial charge < -0.3 is 4.74 Å². The normalized spacial score (nSPS) is 18.5. The summed E-state index contributed by atoms with van der Waals surface area (Å²) in [5.41, 5.74) is 0.327. The fourth-order valence-electron chi connectivity index (χ4n) is 3.32. The van der Waals surface area contributed by atoms with Gasteiger partial charge >= 0.3 is 0 Å². The average Bonchev–Trinajstić information content (AvgIpc) is 3.14. The number of benzene rings is 1. The van der Waals surface area contributed by atoms with Gasteiger partial charge in [0.05, 0.1) is 19.3 Å². The molecule has 2 atom stereocenters. The first-order valence-electron chi connectivity index (χ1n) is 8.83. The Morgan fingerprint density at radius 3 is 2.38 bits per heavy atom. The zero-order valence-electron chi connectivity index (χ0n) is 15.4. The Morgan fingerprint density at radius 1 is 1.19 bits per heavy atom. The molecule has 1 aromatic heterocycles. The number of carbonyl (C=O) groups excluding carboxylic acids is 1. The largest absolute Gasteiger partial charge is 0.379 e. The highest BCUT2D eigenvalue weighted by Crippen LogP contribution is 2.37. The number of ketones is 1. The number of ether oxygens (including phenoxy) is 1. The van der Waals surface area contributed by atoms with Crippen LogP contribution in [0.4, 0.5) is 4.39 Å². The van der Waals surface area contributed by atoms with Gasteiger partial charge in [0.1, 0.15) is 24.5 Å². The van der Waals surface area contributed by atoms with Crippen LogP contribution in [0.1, 0.15) is 38.4 Å². The van der Waals surface area contributed by atoms with Crippen LogP contribution in [0.25, 0.3) is 0 Å². The van der Waals surface area contributed by atoms with E-state index in [-0.39, 0.29) is 17.6 Å². The number of nitrogens with zero attached hydrogens (tertiary/aromatic N) is 4. The molecule has 3 rings (SSSR count). The Hall–Kier alpha value is -2.12. The average molecular weight is 360 g/mol. The second-order valence-electron chi connectivity index (χ2n) is 7.58. The standard InChI is InChI=1S/C19H25FN4O2/c1-19(2,3)18(25)17(24-13-21-12-22-24)16(23-8-10-26-11-9-23)14-4-6-15(20)7-5-14/h4-7,12-13,16-17H,8-11H2,1-3H3. The van der Waals surface area contributed by atoms with Crippen LogP contribution in [0.3, 0.4) is 0 Å². The minimum atomic E-state index is -0.555.